The Kier molecular flexibility index (Phi) is 3.56. The van der Waals surface area contributed by atoms with Crippen LogP contribution in [0.1, 0.15) is 33.6 Å². The molecule has 0 aromatic rings. The molecule has 0 aromatic carbocycles. The number of nitrogens with two attached hydrogens (primary N) is 1. The standard InChI is InChI=1S/C11H24N2O/c1-10(2)4-6-13(9-10)7-5-11(3,14)8-12/h14H,4-9,12H2,1-3H3. The molecule has 1 unspecified atom stereocenters. The molecule has 3 N–H and O–H groups in total. The van der Waals surface area contributed by atoms with Gasteiger partial charge in [-0.1, -0.05) is 13.8 Å². The van der Waals surface area contributed by atoms with Gasteiger partial charge in [0, 0.05) is 19.6 Å². The van der Waals surface area contributed by atoms with Gasteiger partial charge in [-0.05, 0) is 31.7 Å². The second-order valence-electron chi connectivity index (χ2n) is 5.64. The van der Waals surface area contributed by atoms with Crippen molar-refractivity contribution in [3.63, 3.8) is 0 Å². The van der Waals surface area contributed by atoms with Gasteiger partial charge in [0.05, 0.1) is 5.60 Å². The number of likely N-dealkylation sites (tertiary alicyclic amines) is 1. The zero-order valence-corrected chi connectivity index (χ0v) is 9.71. The van der Waals surface area contributed by atoms with Crippen molar-refractivity contribution in [1.82, 2.24) is 4.90 Å². The molecule has 1 aliphatic heterocycles. The van der Waals surface area contributed by atoms with Crippen LogP contribution in [0.2, 0.25) is 0 Å². The Labute approximate surface area is 87.3 Å². The van der Waals surface area contributed by atoms with E-state index >= 15 is 0 Å². The molecule has 0 saturated carbocycles. The SMILES string of the molecule is CC1(C)CCN(CCC(C)(O)CN)C1. The van der Waals surface area contributed by atoms with Crippen molar-refractivity contribution < 1.29 is 5.11 Å². The van der Waals surface area contributed by atoms with Crippen LogP contribution >= 0.6 is 0 Å². The van der Waals surface area contributed by atoms with Crippen LogP contribution in [0, 0.1) is 5.41 Å². The molecule has 0 aliphatic carbocycles. The highest BCUT2D eigenvalue weighted by molar-refractivity contribution is 4.84. The lowest BCUT2D eigenvalue weighted by Gasteiger charge is -2.25. The maximum absolute atomic E-state index is 9.76. The lowest BCUT2D eigenvalue weighted by molar-refractivity contribution is 0.0493. The Hall–Kier alpha value is -0.120. The number of hydrogen-bond acceptors (Lipinski definition) is 3. The van der Waals surface area contributed by atoms with E-state index < -0.39 is 5.60 Å². The second-order valence-corrected chi connectivity index (χ2v) is 5.64. The van der Waals surface area contributed by atoms with E-state index in [-0.39, 0.29) is 0 Å². The van der Waals surface area contributed by atoms with Gasteiger partial charge in [-0.3, -0.25) is 0 Å². The van der Waals surface area contributed by atoms with Crippen molar-refractivity contribution in [1.29, 1.82) is 0 Å². The van der Waals surface area contributed by atoms with Gasteiger partial charge in [0.2, 0.25) is 0 Å². The zero-order valence-electron chi connectivity index (χ0n) is 9.71. The molecule has 3 heteroatoms. The van der Waals surface area contributed by atoms with Crippen molar-refractivity contribution in [2.24, 2.45) is 11.1 Å². The Morgan fingerprint density at radius 2 is 2.14 bits per heavy atom. The minimum Gasteiger partial charge on any atom is -0.389 e. The Morgan fingerprint density at radius 1 is 1.50 bits per heavy atom. The maximum Gasteiger partial charge on any atom is 0.0753 e. The highest BCUT2D eigenvalue weighted by Gasteiger charge is 2.30. The van der Waals surface area contributed by atoms with Crippen LogP contribution in [-0.4, -0.2) is 41.8 Å². The van der Waals surface area contributed by atoms with Gasteiger partial charge in [-0.2, -0.15) is 0 Å². The van der Waals surface area contributed by atoms with Crippen LogP contribution in [0.25, 0.3) is 0 Å². The molecule has 1 saturated heterocycles. The van der Waals surface area contributed by atoms with Crippen molar-refractivity contribution >= 4 is 0 Å². The molecule has 1 rings (SSSR count). The van der Waals surface area contributed by atoms with Crippen molar-refractivity contribution in [2.75, 3.05) is 26.2 Å². The minimum atomic E-state index is -0.688. The number of rotatable bonds is 4. The summed E-state index contributed by atoms with van der Waals surface area (Å²) in [7, 11) is 0. The molecule has 1 aliphatic rings. The van der Waals surface area contributed by atoms with Gasteiger partial charge in [0.25, 0.3) is 0 Å². The Morgan fingerprint density at radius 3 is 2.57 bits per heavy atom. The topological polar surface area (TPSA) is 49.5 Å². The molecule has 14 heavy (non-hydrogen) atoms. The lowest BCUT2D eigenvalue weighted by Crippen LogP contribution is -2.38. The van der Waals surface area contributed by atoms with Crippen LogP contribution in [0.3, 0.4) is 0 Å². The predicted molar refractivity (Wildman–Crippen MR) is 59.1 cm³/mol. The fraction of sp³-hybridized carbons (Fsp3) is 1.00. The Bertz CT molecular complexity index is 190. The van der Waals surface area contributed by atoms with E-state index in [2.05, 4.69) is 18.7 Å². The normalized spacial score (nSPS) is 26.4. The third kappa shape index (κ3) is 3.56. The first kappa shape index (κ1) is 12.0. The van der Waals surface area contributed by atoms with E-state index in [9.17, 15) is 5.11 Å². The predicted octanol–water partition coefficient (Wildman–Crippen LogP) is 0.818. The van der Waals surface area contributed by atoms with Crippen LogP contribution < -0.4 is 5.73 Å². The molecule has 0 aromatic heterocycles. The van der Waals surface area contributed by atoms with Gasteiger partial charge in [0.1, 0.15) is 0 Å². The molecule has 1 atom stereocenters. The summed E-state index contributed by atoms with van der Waals surface area (Å²) in [6.45, 7) is 10.0. The summed E-state index contributed by atoms with van der Waals surface area (Å²) in [6.07, 6.45) is 2.04. The van der Waals surface area contributed by atoms with E-state index in [4.69, 9.17) is 5.73 Å². The molecule has 1 fully saturated rings. The third-order valence-corrected chi connectivity index (χ3v) is 3.16. The highest BCUT2D eigenvalue weighted by atomic mass is 16.3. The molecular weight excluding hydrogens is 176 g/mol. The number of aliphatic hydroxyl groups is 1. The van der Waals surface area contributed by atoms with Crippen molar-refractivity contribution in [3.05, 3.63) is 0 Å². The largest absolute Gasteiger partial charge is 0.389 e. The first-order valence-corrected chi connectivity index (χ1v) is 5.49. The van der Waals surface area contributed by atoms with Crippen LogP contribution in [-0.2, 0) is 0 Å². The first-order valence-electron chi connectivity index (χ1n) is 5.49. The lowest BCUT2D eigenvalue weighted by atomic mass is 9.93. The first-order chi connectivity index (χ1) is 6.35. The minimum absolute atomic E-state index is 0.351. The summed E-state index contributed by atoms with van der Waals surface area (Å²) < 4.78 is 0. The molecule has 84 valence electrons. The molecule has 0 bridgehead atoms. The van der Waals surface area contributed by atoms with E-state index in [1.807, 2.05) is 6.92 Å². The maximum atomic E-state index is 9.76. The molecule has 0 spiro atoms. The van der Waals surface area contributed by atoms with Gasteiger partial charge < -0.3 is 15.7 Å². The van der Waals surface area contributed by atoms with E-state index in [1.165, 1.54) is 6.42 Å². The average molecular weight is 200 g/mol. The van der Waals surface area contributed by atoms with Crippen molar-refractivity contribution in [3.8, 4) is 0 Å². The van der Waals surface area contributed by atoms with Crippen LogP contribution in [0.5, 0.6) is 0 Å². The summed E-state index contributed by atoms with van der Waals surface area (Å²) in [6, 6.07) is 0. The zero-order chi connectivity index (χ0) is 10.8. The van der Waals surface area contributed by atoms with Gasteiger partial charge in [-0.15, -0.1) is 0 Å². The van der Waals surface area contributed by atoms with Gasteiger partial charge in [-0.25, -0.2) is 0 Å². The molecular formula is C11H24N2O. The number of hydrogen-bond donors (Lipinski definition) is 2. The molecule has 3 nitrogen and oxygen atoms in total. The Balaban J connectivity index is 2.27. The molecule has 1 heterocycles. The summed E-state index contributed by atoms with van der Waals surface area (Å²) in [5.74, 6) is 0. The summed E-state index contributed by atoms with van der Waals surface area (Å²) in [5.41, 5.74) is 5.24. The van der Waals surface area contributed by atoms with E-state index in [0.717, 1.165) is 26.1 Å². The van der Waals surface area contributed by atoms with Gasteiger partial charge >= 0.3 is 0 Å². The van der Waals surface area contributed by atoms with Crippen LogP contribution in [0.15, 0.2) is 0 Å². The quantitative estimate of drug-likeness (QED) is 0.706. The molecule has 0 radical (unpaired) electrons. The summed E-state index contributed by atoms with van der Waals surface area (Å²) in [4.78, 5) is 2.42. The van der Waals surface area contributed by atoms with E-state index in [0.29, 0.717) is 12.0 Å². The smallest absolute Gasteiger partial charge is 0.0753 e. The number of nitrogens with zero attached hydrogens (tertiary/aromatic N) is 1. The van der Waals surface area contributed by atoms with Crippen LogP contribution in [0.4, 0.5) is 0 Å². The fourth-order valence-electron chi connectivity index (χ4n) is 1.92. The highest BCUT2D eigenvalue weighted by Crippen LogP contribution is 2.29. The van der Waals surface area contributed by atoms with E-state index in [1.54, 1.807) is 0 Å². The summed E-state index contributed by atoms with van der Waals surface area (Å²) in [5, 5.41) is 9.76. The van der Waals surface area contributed by atoms with Crippen molar-refractivity contribution in [2.45, 2.75) is 39.2 Å². The third-order valence-electron chi connectivity index (χ3n) is 3.16. The second kappa shape index (κ2) is 4.17. The molecule has 0 amide bonds. The fourth-order valence-corrected chi connectivity index (χ4v) is 1.92. The summed E-state index contributed by atoms with van der Waals surface area (Å²) >= 11 is 0. The van der Waals surface area contributed by atoms with Gasteiger partial charge in [0.15, 0.2) is 0 Å². The average Bonchev–Trinajstić information content (AvgIpc) is 2.43. The monoisotopic (exact) mass is 200 g/mol.